The molecule has 0 aromatic carbocycles. The van der Waals surface area contributed by atoms with Gasteiger partial charge in [-0.2, -0.15) is 0 Å². The molecule has 0 aromatic rings. The van der Waals surface area contributed by atoms with Gasteiger partial charge >= 0.3 is 0 Å². The summed E-state index contributed by atoms with van der Waals surface area (Å²) in [4.78, 5) is 0. The highest BCUT2D eigenvalue weighted by atomic mass is 14.9. The van der Waals surface area contributed by atoms with E-state index in [1.54, 1.807) is 0 Å². The Bertz CT molecular complexity index is 187. The maximum absolute atomic E-state index is 5.83. The fourth-order valence-corrected chi connectivity index (χ4v) is 2.55. The minimum absolute atomic E-state index is 0.476. The van der Waals surface area contributed by atoms with E-state index < -0.39 is 0 Å². The van der Waals surface area contributed by atoms with Crippen molar-refractivity contribution in [2.45, 2.75) is 45.4 Å². The van der Waals surface area contributed by atoms with Gasteiger partial charge in [0.25, 0.3) is 0 Å². The van der Waals surface area contributed by atoms with Crippen molar-refractivity contribution in [3.05, 3.63) is 0 Å². The first-order valence-corrected chi connectivity index (χ1v) is 6.15. The second kappa shape index (κ2) is 3.82. The van der Waals surface area contributed by atoms with Gasteiger partial charge in [0.05, 0.1) is 0 Å². The molecule has 0 radical (unpaired) electrons. The van der Waals surface area contributed by atoms with E-state index in [0.29, 0.717) is 10.8 Å². The number of hydrogen-bond acceptors (Lipinski definition) is 2. The van der Waals surface area contributed by atoms with Gasteiger partial charge in [-0.15, -0.1) is 0 Å². The first kappa shape index (κ1) is 10.4. The van der Waals surface area contributed by atoms with Crippen molar-refractivity contribution in [2.24, 2.45) is 16.6 Å². The predicted octanol–water partition coefficient (Wildman–Crippen LogP) is 1.90. The van der Waals surface area contributed by atoms with Gasteiger partial charge in [0, 0.05) is 13.1 Å². The zero-order valence-electron chi connectivity index (χ0n) is 9.44. The molecule has 2 aliphatic carbocycles. The van der Waals surface area contributed by atoms with Crippen LogP contribution in [-0.2, 0) is 0 Å². The standard InChI is InChI=1S/C12H24N2/c1-2-11(6-7-11)9-14-10-12(8-13)4-3-5-12/h14H,2-10,13H2,1H3. The lowest BCUT2D eigenvalue weighted by atomic mass is 9.69. The van der Waals surface area contributed by atoms with E-state index in [-0.39, 0.29) is 0 Å². The summed E-state index contributed by atoms with van der Waals surface area (Å²) in [5, 5.41) is 3.65. The second-order valence-electron chi connectivity index (χ2n) is 5.51. The monoisotopic (exact) mass is 196 g/mol. The Balaban J connectivity index is 1.67. The number of nitrogens with two attached hydrogens (primary N) is 1. The smallest absolute Gasteiger partial charge is 0.00201 e. The Labute approximate surface area is 87.6 Å². The summed E-state index contributed by atoms with van der Waals surface area (Å²) in [7, 11) is 0. The number of rotatable bonds is 6. The van der Waals surface area contributed by atoms with Crippen molar-refractivity contribution in [1.29, 1.82) is 0 Å². The minimum atomic E-state index is 0.476. The highest BCUT2D eigenvalue weighted by Crippen LogP contribution is 2.48. The molecule has 0 unspecified atom stereocenters. The Morgan fingerprint density at radius 1 is 1.07 bits per heavy atom. The molecule has 0 atom stereocenters. The third-order valence-corrected chi connectivity index (χ3v) is 4.55. The molecule has 0 amide bonds. The van der Waals surface area contributed by atoms with Gasteiger partial charge in [0.15, 0.2) is 0 Å². The van der Waals surface area contributed by atoms with E-state index in [9.17, 15) is 0 Å². The fourth-order valence-electron chi connectivity index (χ4n) is 2.55. The van der Waals surface area contributed by atoms with Gasteiger partial charge in [-0.3, -0.25) is 0 Å². The largest absolute Gasteiger partial charge is 0.330 e. The van der Waals surface area contributed by atoms with Crippen LogP contribution in [0.4, 0.5) is 0 Å². The SMILES string of the molecule is CCC1(CNCC2(CN)CCC2)CC1. The van der Waals surface area contributed by atoms with Gasteiger partial charge in [0.1, 0.15) is 0 Å². The molecule has 0 saturated heterocycles. The number of hydrogen-bond donors (Lipinski definition) is 2. The van der Waals surface area contributed by atoms with Gasteiger partial charge in [-0.05, 0) is 49.5 Å². The molecule has 0 heterocycles. The average molecular weight is 196 g/mol. The molecule has 2 fully saturated rings. The molecule has 2 aliphatic rings. The molecule has 14 heavy (non-hydrogen) atoms. The summed E-state index contributed by atoms with van der Waals surface area (Å²) in [6, 6.07) is 0. The summed E-state index contributed by atoms with van der Waals surface area (Å²) < 4.78 is 0. The van der Waals surface area contributed by atoms with E-state index in [1.807, 2.05) is 0 Å². The molecule has 2 nitrogen and oxygen atoms in total. The van der Waals surface area contributed by atoms with Crippen LogP contribution < -0.4 is 11.1 Å². The molecular weight excluding hydrogens is 172 g/mol. The lowest BCUT2D eigenvalue weighted by molar-refractivity contribution is 0.138. The van der Waals surface area contributed by atoms with Crippen molar-refractivity contribution >= 4 is 0 Å². The van der Waals surface area contributed by atoms with E-state index >= 15 is 0 Å². The van der Waals surface area contributed by atoms with E-state index in [4.69, 9.17) is 5.73 Å². The summed E-state index contributed by atoms with van der Waals surface area (Å²) in [6.45, 7) is 5.58. The predicted molar refractivity (Wildman–Crippen MR) is 60.2 cm³/mol. The van der Waals surface area contributed by atoms with Crippen LogP contribution >= 0.6 is 0 Å². The molecule has 0 bridgehead atoms. The molecule has 0 aliphatic heterocycles. The van der Waals surface area contributed by atoms with Crippen LogP contribution in [0.3, 0.4) is 0 Å². The third-order valence-electron chi connectivity index (χ3n) is 4.55. The van der Waals surface area contributed by atoms with Crippen molar-refractivity contribution < 1.29 is 0 Å². The Kier molecular flexibility index (Phi) is 2.85. The van der Waals surface area contributed by atoms with Crippen LogP contribution in [0.1, 0.15) is 45.4 Å². The molecular formula is C12H24N2. The maximum Gasteiger partial charge on any atom is 0.00201 e. The van der Waals surface area contributed by atoms with Crippen LogP contribution in [-0.4, -0.2) is 19.6 Å². The van der Waals surface area contributed by atoms with Crippen LogP contribution in [0.5, 0.6) is 0 Å². The normalized spacial score (nSPS) is 27.0. The fraction of sp³-hybridized carbons (Fsp3) is 1.00. The molecule has 0 aromatic heterocycles. The lowest BCUT2D eigenvalue weighted by Gasteiger charge is -2.41. The van der Waals surface area contributed by atoms with Gasteiger partial charge < -0.3 is 11.1 Å². The van der Waals surface area contributed by atoms with E-state index in [0.717, 1.165) is 13.1 Å². The minimum Gasteiger partial charge on any atom is -0.330 e. The van der Waals surface area contributed by atoms with Gasteiger partial charge in [0.2, 0.25) is 0 Å². The quantitative estimate of drug-likeness (QED) is 0.681. The van der Waals surface area contributed by atoms with Crippen molar-refractivity contribution in [3.63, 3.8) is 0 Å². The van der Waals surface area contributed by atoms with Gasteiger partial charge in [-0.1, -0.05) is 13.3 Å². The van der Waals surface area contributed by atoms with Crippen LogP contribution in [0.25, 0.3) is 0 Å². The Morgan fingerprint density at radius 2 is 1.71 bits per heavy atom. The summed E-state index contributed by atoms with van der Waals surface area (Å²) in [5.41, 5.74) is 6.98. The highest BCUT2D eigenvalue weighted by Gasteiger charge is 2.41. The molecule has 2 heteroatoms. The topological polar surface area (TPSA) is 38.0 Å². The third kappa shape index (κ3) is 1.96. The van der Waals surface area contributed by atoms with Crippen molar-refractivity contribution in [1.82, 2.24) is 5.32 Å². The zero-order chi connectivity index (χ0) is 10.1. The summed E-state index contributed by atoms with van der Waals surface area (Å²) in [5.74, 6) is 0. The first-order chi connectivity index (χ1) is 6.74. The molecule has 82 valence electrons. The summed E-state index contributed by atoms with van der Waals surface area (Å²) in [6.07, 6.45) is 8.29. The Morgan fingerprint density at radius 3 is 2.07 bits per heavy atom. The van der Waals surface area contributed by atoms with Crippen LogP contribution in [0, 0.1) is 10.8 Å². The molecule has 2 saturated carbocycles. The van der Waals surface area contributed by atoms with E-state index in [1.165, 1.54) is 45.1 Å². The second-order valence-corrected chi connectivity index (χ2v) is 5.51. The van der Waals surface area contributed by atoms with Crippen molar-refractivity contribution in [2.75, 3.05) is 19.6 Å². The average Bonchev–Trinajstić information content (AvgIpc) is 2.91. The Hall–Kier alpha value is -0.0800. The van der Waals surface area contributed by atoms with Crippen LogP contribution in [0.2, 0.25) is 0 Å². The maximum atomic E-state index is 5.83. The zero-order valence-corrected chi connectivity index (χ0v) is 9.44. The first-order valence-electron chi connectivity index (χ1n) is 6.15. The number of nitrogens with one attached hydrogen (secondary N) is 1. The highest BCUT2D eigenvalue weighted by molar-refractivity contribution is 4.96. The van der Waals surface area contributed by atoms with Gasteiger partial charge in [-0.25, -0.2) is 0 Å². The van der Waals surface area contributed by atoms with E-state index in [2.05, 4.69) is 12.2 Å². The molecule has 3 N–H and O–H groups in total. The molecule has 2 rings (SSSR count). The summed E-state index contributed by atoms with van der Waals surface area (Å²) >= 11 is 0. The molecule has 0 spiro atoms. The lowest BCUT2D eigenvalue weighted by Crippen LogP contribution is -2.46. The van der Waals surface area contributed by atoms with Crippen LogP contribution in [0.15, 0.2) is 0 Å². The van der Waals surface area contributed by atoms with Crippen molar-refractivity contribution in [3.8, 4) is 0 Å².